The van der Waals surface area contributed by atoms with Gasteiger partial charge in [-0.25, -0.2) is 19.6 Å². The van der Waals surface area contributed by atoms with Crippen molar-refractivity contribution in [3.8, 4) is 22.8 Å². The van der Waals surface area contributed by atoms with E-state index in [4.69, 9.17) is 18.9 Å². The zero-order chi connectivity index (χ0) is 40.6. The highest BCUT2D eigenvalue weighted by Gasteiger charge is 2.41. The first-order valence-electron chi connectivity index (χ1n) is 18.6. The van der Waals surface area contributed by atoms with Crippen molar-refractivity contribution in [1.29, 1.82) is 0 Å². The lowest BCUT2D eigenvalue weighted by Crippen LogP contribution is -2.49. The molecule has 4 amide bonds. The topological polar surface area (TPSA) is 172 Å². The zero-order valence-electron chi connectivity index (χ0n) is 32.5. The minimum Gasteiger partial charge on any atom is -0.453 e. The Morgan fingerprint density at radius 3 is 2.40 bits per heavy atom. The van der Waals surface area contributed by atoms with Crippen molar-refractivity contribution in [3.63, 3.8) is 0 Å². The van der Waals surface area contributed by atoms with Crippen LogP contribution in [0.25, 0.3) is 33.8 Å². The van der Waals surface area contributed by atoms with Crippen LogP contribution in [0.4, 0.5) is 15.3 Å². The van der Waals surface area contributed by atoms with Crippen LogP contribution in [0.2, 0.25) is 0 Å². The van der Waals surface area contributed by atoms with Gasteiger partial charge in [-0.05, 0) is 87.1 Å². The van der Waals surface area contributed by atoms with Crippen molar-refractivity contribution in [2.45, 2.75) is 64.3 Å². The van der Waals surface area contributed by atoms with Gasteiger partial charge < -0.3 is 34.4 Å². The van der Waals surface area contributed by atoms with Gasteiger partial charge in [0.2, 0.25) is 5.89 Å². The second-order valence-electron chi connectivity index (χ2n) is 15.2. The van der Waals surface area contributed by atoms with Gasteiger partial charge >= 0.3 is 12.2 Å². The third-order valence-corrected chi connectivity index (χ3v) is 10.0. The van der Waals surface area contributed by atoms with E-state index >= 15 is 0 Å². The van der Waals surface area contributed by atoms with Crippen LogP contribution in [0, 0.1) is 6.92 Å². The molecule has 2 aromatic heterocycles. The van der Waals surface area contributed by atoms with Crippen LogP contribution in [0.1, 0.15) is 62.6 Å². The molecule has 0 unspecified atom stereocenters. The highest BCUT2D eigenvalue weighted by Crippen LogP contribution is 2.37. The minimum atomic E-state index is -1.07. The van der Waals surface area contributed by atoms with Crippen molar-refractivity contribution in [2.24, 2.45) is 0 Å². The maximum Gasteiger partial charge on any atom is 0.411 e. The Kier molecular flexibility index (Phi) is 10.4. The number of rotatable bonds is 8. The molecule has 0 aliphatic carbocycles. The van der Waals surface area contributed by atoms with E-state index in [0.29, 0.717) is 70.3 Å². The molecule has 5 aromatic rings. The predicted molar refractivity (Wildman–Crippen MR) is 214 cm³/mol. The summed E-state index contributed by atoms with van der Waals surface area (Å²) in [7, 11) is 1.22. The summed E-state index contributed by atoms with van der Waals surface area (Å²) < 4.78 is 16.7. The number of nitrogens with one attached hydrogen (secondary N) is 3. The number of fused-ring (bicyclic) bond motifs is 1. The number of hydrogen-bond acceptors (Lipinski definition) is 9. The van der Waals surface area contributed by atoms with Crippen LogP contribution in [-0.4, -0.2) is 80.6 Å². The standard InChI is InChI=1S/C43H45N7O7/c1-24-13-14-28(21-31(24)47-38(51)36-26(3)17-19-49(36)40(52)34(48-41(53)55-7)27-11-9-8-10-12-27)33-23-44-39(56-33)29-15-16-30-32(22-29)46-37(45-30)35-25(2)18-20-50(35)42(54)57-43(4,5)6/h8-16,21-23,34-36H,2-3,17-20H2,1,4-7H3,(H,45,46)(H,47,51)(H,48,53)/t34-,35+,36+/m1/s1. The molecule has 0 bridgehead atoms. The largest absolute Gasteiger partial charge is 0.453 e. The molecular formula is C43H45N7O7. The molecular weight excluding hydrogens is 727 g/mol. The van der Waals surface area contributed by atoms with Crippen LogP contribution in [0.3, 0.4) is 0 Å². The summed E-state index contributed by atoms with van der Waals surface area (Å²) in [5, 5.41) is 5.61. The van der Waals surface area contributed by atoms with E-state index in [2.05, 4.69) is 33.8 Å². The number of H-pyrrole nitrogens is 1. The number of carbonyl (C=O) groups is 4. The lowest BCUT2D eigenvalue weighted by molar-refractivity contribution is -0.137. The minimum absolute atomic E-state index is 0.258. The summed E-state index contributed by atoms with van der Waals surface area (Å²) in [5.41, 5.74) is 5.51. The number of carbonyl (C=O) groups excluding carboxylic acids is 4. The van der Waals surface area contributed by atoms with E-state index in [9.17, 15) is 19.2 Å². The first kappa shape index (κ1) is 38.6. The SMILES string of the molecule is C=C1CCN(C(=O)[C@H](NC(=O)OC)c2ccccc2)[C@@H]1C(=O)Nc1cc(-c2cnc(-c3ccc4nc([C@@H]5C(=C)CCN5C(=O)OC(C)(C)C)[nH]c4c3)o2)ccc1C. The number of oxazole rings is 1. The van der Waals surface area contributed by atoms with Crippen LogP contribution in [0.15, 0.2) is 102 Å². The highest BCUT2D eigenvalue weighted by atomic mass is 16.6. The molecule has 57 heavy (non-hydrogen) atoms. The predicted octanol–water partition coefficient (Wildman–Crippen LogP) is 7.62. The normalized spacial score (nSPS) is 17.5. The van der Waals surface area contributed by atoms with Crippen LogP contribution in [0.5, 0.6) is 0 Å². The Bertz CT molecular complexity index is 2390. The number of likely N-dealkylation sites (tertiary alicyclic amines) is 2. The third kappa shape index (κ3) is 8.02. The average Bonchev–Trinajstić information content (AvgIpc) is 3.99. The van der Waals surface area contributed by atoms with E-state index in [-0.39, 0.29) is 6.54 Å². The first-order chi connectivity index (χ1) is 27.2. The van der Waals surface area contributed by atoms with E-state index in [1.165, 1.54) is 12.0 Å². The lowest BCUT2D eigenvalue weighted by atomic mass is 10.0. The van der Waals surface area contributed by atoms with Gasteiger partial charge in [0.25, 0.3) is 11.8 Å². The second kappa shape index (κ2) is 15.4. The molecule has 14 heteroatoms. The molecule has 3 N–H and O–H groups in total. The average molecular weight is 772 g/mol. The summed E-state index contributed by atoms with van der Waals surface area (Å²) >= 11 is 0. The van der Waals surface area contributed by atoms with E-state index < -0.39 is 47.7 Å². The molecule has 3 aromatic carbocycles. The smallest absolute Gasteiger partial charge is 0.411 e. The van der Waals surface area contributed by atoms with Crippen molar-refractivity contribution in [3.05, 3.63) is 114 Å². The number of benzene rings is 3. The molecule has 0 saturated carbocycles. The molecule has 14 nitrogen and oxygen atoms in total. The molecule has 2 aliphatic rings. The molecule has 2 fully saturated rings. The number of anilines is 1. The van der Waals surface area contributed by atoms with Gasteiger partial charge in [-0.3, -0.25) is 14.5 Å². The van der Waals surface area contributed by atoms with E-state index in [1.54, 1.807) is 47.5 Å². The van der Waals surface area contributed by atoms with E-state index in [0.717, 1.165) is 16.7 Å². The highest BCUT2D eigenvalue weighted by molar-refractivity contribution is 6.01. The number of hydrogen-bond donors (Lipinski definition) is 3. The Hall–Kier alpha value is -6.70. The number of aromatic amines is 1. The molecule has 4 heterocycles. The number of ether oxygens (including phenoxy) is 2. The summed E-state index contributed by atoms with van der Waals surface area (Å²) in [4.78, 5) is 68.9. The molecule has 0 spiro atoms. The number of nitrogens with zero attached hydrogens (tertiary/aromatic N) is 4. The number of aromatic nitrogens is 3. The summed E-state index contributed by atoms with van der Waals surface area (Å²) in [6.45, 7) is 16.4. The van der Waals surface area contributed by atoms with Gasteiger partial charge in [0, 0.05) is 29.9 Å². The van der Waals surface area contributed by atoms with Gasteiger partial charge in [-0.2, -0.15) is 0 Å². The van der Waals surface area contributed by atoms with Gasteiger partial charge in [-0.1, -0.05) is 55.6 Å². The van der Waals surface area contributed by atoms with Crippen molar-refractivity contribution < 1.29 is 33.1 Å². The van der Waals surface area contributed by atoms with Gasteiger partial charge in [0.05, 0.1) is 24.3 Å². The third-order valence-electron chi connectivity index (χ3n) is 10.0. The fourth-order valence-corrected chi connectivity index (χ4v) is 7.14. The summed E-state index contributed by atoms with van der Waals surface area (Å²) in [6.07, 6.45) is 1.51. The Balaban J connectivity index is 1.09. The molecule has 7 rings (SSSR count). The number of alkyl carbamates (subject to hydrolysis) is 1. The molecule has 2 saturated heterocycles. The Labute approximate surface area is 329 Å². The van der Waals surface area contributed by atoms with Gasteiger partial charge in [0.1, 0.15) is 29.6 Å². The lowest BCUT2D eigenvalue weighted by Gasteiger charge is -2.29. The number of imidazole rings is 1. The fourth-order valence-electron chi connectivity index (χ4n) is 7.14. The second-order valence-corrected chi connectivity index (χ2v) is 15.2. The molecule has 294 valence electrons. The van der Waals surface area contributed by atoms with Crippen LogP contribution < -0.4 is 10.6 Å². The molecule has 0 radical (unpaired) electrons. The molecule has 3 atom stereocenters. The van der Waals surface area contributed by atoms with Gasteiger partial charge in [0.15, 0.2) is 5.76 Å². The maximum absolute atomic E-state index is 13.9. The quantitative estimate of drug-likeness (QED) is 0.134. The summed E-state index contributed by atoms with van der Waals surface area (Å²) in [5.74, 6) is 0.557. The molecule has 2 aliphatic heterocycles. The number of methoxy groups -OCH3 is 1. The van der Waals surface area contributed by atoms with Crippen molar-refractivity contribution in [1.82, 2.24) is 30.1 Å². The van der Waals surface area contributed by atoms with E-state index in [1.807, 2.05) is 58.0 Å². The first-order valence-corrected chi connectivity index (χ1v) is 18.6. The Morgan fingerprint density at radius 2 is 1.67 bits per heavy atom. The summed E-state index contributed by atoms with van der Waals surface area (Å²) in [6, 6.07) is 17.5. The Morgan fingerprint density at radius 1 is 0.947 bits per heavy atom. The van der Waals surface area contributed by atoms with Crippen molar-refractivity contribution >= 4 is 40.7 Å². The fraction of sp³-hybridized carbons (Fsp3) is 0.302. The number of amides is 4. The number of aryl methyl sites for hydroxylation is 1. The maximum atomic E-state index is 13.9. The van der Waals surface area contributed by atoms with Crippen LogP contribution >= 0.6 is 0 Å². The van der Waals surface area contributed by atoms with Gasteiger partial charge in [-0.15, -0.1) is 0 Å². The zero-order valence-corrected chi connectivity index (χ0v) is 32.5. The van der Waals surface area contributed by atoms with Crippen LogP contribution in [-0.2, 0) is 19.1 Å². The monoisotopic (exact) mass is 771 g/mol. The van der Waals surface area contributed by atoms with Crippen molar-refractivity contribution in [2.75, 3.05) is 25.5 Å².